The molecule has 1 aliphatic heterocycles. The summed E-state index contributed by atoms with van der Waals surface area (Å²) in [6, 6.07) is 6.00. The predicted molar refractivity (Wildman–Crippen MR) is 68.6 cm³/mol. The number of rotatable bonds is 4. The number of hydrogen-bond donors (Lipinski definition) is 1. The normalized spacial score (nSPS) is 18.6. The van der Waals surface area contributed by atoms with Crippen LogP contribution in [0.3, 0.4) is 0 Å². The molecule has 1 amide bonds. The van der Waals surface area contributed by atoms with Gasteiger partial charge >= 0.3 is 0 Å². The molecular formula is C13H16N2O4. The van der Waals surface area contributed by atoms with E-state index >= 15 is 0 Å². The average molecular weight is 264 g/mol. The fourth-order valence-corrected chi connectivity index (χ4v) is 2.41. The standard InChI is InChI=1S/C13H16N2O4/c16-9-12-5-2-6-14(12)13(17)8-10-3-1-4-11(7-10)15(18)19/h1,3-4,7,12,16H,2,5-6,8-9H2/t12-/m1/s1. The molecule has 0 saturated carbocycles. The third-order valence-electron chi connectivity index (χ3n) is 3.38. The number of benzene rings is 1. The number of non-ortho nitro benzene ring substituents is 1. The largest absolute Gasteiger partial charge is 0.394 e. The van der Waals surface area contributed by atoms with E-state index in [0.717, 1.165) is 12.8 Å². The van der Waals surface area contributed by atoms with Gasteiger partial charge in [0.25, 0.3) is 5.69 Å². The molecule has 0 unspecified atom stereocenters. The Hall–Kier alpha value is -1.95. The first-order chi connectivity index (χ1) is 9.11. The highest BCUT2D eigenvalue weighted by atomic mass is 16.6. The number of carbonyl (C=O) groups excluding carboxylic acids is 1. The summed E-state index contributed by atoms with van der Waals surface area (Å²) in [7, 11) is 0. The number of aliphatic hydroxyl groups is 1. The van der Waals surface area contributed by atoms with E-state index in [1.807, 2.05) is 0 Å². The molecule has 1 aliphatic rings. The maximum absolute atomic E-state index is 12.1. The van der Waals surface area contributed by atoms with Crippen LogP contribution in [-0.2, 0) is 11.2 Å². The Balaban J connectivity index is 2.06. The van der Waals surface area contributed by atoms with Gasteiger partial charge in [-0.25, -0.2) is 0 Å². The summed E-state index contributed by atoms with van der Waals surface area (Å²) in [5.41, 5.74) is 0.619. The number of likely N-dealkylation sites (tertiary alicyclic amines) is 1. The molecule has 0 aromatic heterocycles. The zero-order valence-corrected chi connectivity index (χ0v) is 10.5. The first kappa shape index (κ1) is 13.5. The molecule has 1 saturated heterocycles. The van der Waals surface area contributed by atoms with E-state index in [1.165, 1.54) is 12.1 Å². The van der Waals surface area contributed by atoms with Crippen molar-refractivity contribution in [2.75, 3.05) is 13.2 Å². The summed E-state index contributed by atoms with van der Waals surface area (Å²) >= 11 is 0. The monoisotopic (exact) mass is 264 g/mol. The molecule has 2 rings (SSSR count). The van der Waals surface area contributed by atoms with E-state index in [-0.39, 0.29) is 30.7 Å². The quantitative estimate of drug-likeness (QED) is 0.652. The van der Waals surface area contributed by atoms with Gasteiger partial charge in [0.15, 0.2) is 0 Å². The van der Waals surface area contributed by atoms with E-state index in [0.29, 0.717) is 12.1 Å². The van der Waals surface area contributed by atoms with Crippen LogP contribution >= 0.6 is 0 Å². The maximum Gasteiger partial charge on any atom is 0.269 e. The molecule has 0 aliphatic carbocycles. The molecule has 0 radical (unpaired) electrons. The van der Waals surface area contributed by atoms with Crippen molar-refractivity contribution in [3.05, 3.63) is 39.9 Å². The van der Waals surface area contributed by atoms with Gasteiger partial charge in [0.2, 0.25) is 5.91 Å². The lowest BCUT2D eigenvalue weighted by Crippen LogP contribution is -2.38. The number of aliphatic hydroxyl groups excluding tert-OH is 1. The topological polar surface area (TPSA) is 83.7 Å². The van der Waals surface area contributed by atoms with Crippen LogP contribution in [0.25, 0.3) is 0 Å². The fraction of sp³-hybridized carbons (Fsp3) is 0.462. The van der Waals surface area contributed by atoms with E-state index < -0.39 is 4.92 Å². The molecule has 1 aromatic rings. The fourth-order valence-electron chi connectivity index (χ4n) is 2.41. The van der Waals surface area contributed by atoms with E-state index in [2.05, 4.69) is 0 Å². The van der Waals surface area contributed by atoms with E-state index in [1.54, 1.807) is 17.0 Å². The lowest BCUT2D eigenvalue weighted by Gasteiger charge is -2.23. The molecule has 6 nitrogen and oxygen atoms in total. The van der Waals surface area contributed by atoms with Gasteiger partial charge in [0, 0.05) is 18.7 Å². The third-order valence-corrected chi connectivity index (χ3v) is 3.38. The number of nitrogens with zero attached hydrogens (tertiary/aromatic N) is 2. The molecule has 1 atom stereocenters. The van der Waals surface area contributed by atoms with Gasteiger partial charge in [0.1, 0.15) is 0 Å². The van der Waals surface area contributed by atoms with Crippen LogP contribution in [0.4, 0.5) is 5.69 Å². The highest BCUT2D eigenvalue weighted by Crippen LogP contribution is 2.19. The van der Waals surface area contributed by atoms with Crippen LogP contribution in [0.2, 0.25) is 0 Å². The van der Waals surface area contributed by atoms with Gasteiger partial charge in [0.05, 0.1) is 24.0 Å². The minimum absolute atomic E-state index is 0.00886. The van der Waals surface area contributed by atoms with Crippen LogP contribution in [0.15, 0.2) is 24.3 Å². The molecule has 6 heteroatoms. The number of amides is 1. The Bertz CT molecular complexity index is 489. The third kappa shape index (κ3) is 3.08. The summed E-state index contributed by atoms with van der Waals surface area (Å²) in [6.07, 6.45) is 1.85. The van der Waals surface area contributed by atoms with Crippen LogP contribution in [-0.4, -0.2) is 40.0 Å². The Morgan fingerprint density at radius 2 is 2.32 bits per heavy atom. The summed E-state index contributed by atoms with van der Waals surface area (Å²) in [5.74, 6) is -0.0861. The highest BCUT2D eigenvalue weighted by Gasteiger charge is 2.27. The first-order valence-electron chi connectivity index (χ1n) is 6.25. The molecule has 1 fully saturated rings. The lowest BCUT2D eigenvalue weighted by atomic mass is 10.1. The van der Waals surface area contributed by atoms with Crippen molar-refractivity contribution in [3.63, 3.8) is 0 Å². The van der Waals surface area contributed by atoms with E-state index in [4.69, 9.17) is 0 Å². The van der Waals surface area contributed by atoms with Crippen LogP contribution < -0.4 is 0 Å². The second-order valence-electron chi connectivity index (χ2n) is 4.67. The van der Waals surface area contributed by atoms with Gasteiger partial charge in [-0.15, -0.1) is 0 Å². The Labute approximate surface area is 110 Å². The van der Waals surface area contributed by atoms with Crippen LogP contribution in [0.5, 0.6) is 0 Å². The number of carbonyl (C=O) groups is 1. The van der Waals surface area contributed by atoms with Gasteiger partial charge in [-0.1, -0.05) is 12.1 Å². The zero-order valence-electron chi connectivity index (χ0n) is 10.5. The van der Waals surface area contributed by atoms with Crippen molar-refractivity contribution in [1.29, 1.82) is 0 Å². The van der Waals surface area contributed by atoms with Crippen molar-refractivity contribution >= 4 is 11.6 Å². The molecular weight excluding hydrogens is 248 g/mol. The summed E-state index contributed by atoms with van der Waals surface area (Å²) in [6.45, 7) is 0.625. The molecule has 0 bridgehead atoms. The summed E-state index contributed by atoms with van der Waals surface area (Å²) in [5, 5.41) is 19.9. The molecule has 1 N–H and O–H groups in total. The van der Waals surface area contributed by atoms with Crippen molar-refractivity contribution in [2.45, 2.75) is 25.3 Å². The van der Waals surface area contributed by atoms with Crippen molar-refractivity contribution in [3.8, 4) is 0 Å². The minimum Gasteiger partial charge on any atom is -0.394 e. The van der Waals surface area contributed by atoms with Crippen molar-refractivity contribution in [2.24, 2.45) is 0 Å². The smallest absolute Gasteiger partial charge is 0.269 e. The predicted octanol–water partition coefficient (Wildman–Crippen LogP) is 1.12. The van der Waals surface area contributed by atoms with Crippen LogP contribution in [0, 0.1) is 10.1 Å². The number of nitro groups is 1. The maximum atomic E-state index is 12.1. The number of hydrogen-bond acceptors (Lipinski definition) is 4. The molecule has 0 spiro atoms. The Morgan fingerprint density at radius 3 is 3.00 bits per heavy atom. The summed E-state index contributed by atoms with van der Waals surface area (Å²) in [4.78, 5) is 24.0. The average Bonchev–Trinajstić information content (AvgIpc) is 2.87. The lowest BCUT2D eigenvalue weighted by molar-refractivity contribution is -0.384. The molecule has 1 aromatic carbocycles. The van der Waals surface area contributed by atoms with Gasteiger partial charge in [-0.3, -0.25) is 14.9 Å². The van der Waals surface area contributed by atoms with Gasteiger partial charge < -0.3 is 10.0 Å². The minimum atomic E-state index is -0.472. The summed E-state index contributed by atoms with van der Waals surface area (Å²) < 4.78 is 0. The van der Waals surface area contributed by atoms with Crippen molar-refractivity contribution in [1.82, 2.24) is 4.90 Å². The molecule has 102 valence electrons. The Kier molecular flexibility index (Phi) is 4.11. The van der Waals surface area contributed by atoms with E-state index in [9.17, 15) is 20.0 Å². The highest BCUT2D eigenvalue weighted by molar-refractivity contribution is 5.79. The van der Waals surface area contributed by atoms with Crippen LogP contribution in [0.1, 0.15) is 18.4 Å². The second-order valence-corrected chi connectivity index (χ2v) is 4.67. The first-order valence-corrected chi connectivity index (χ1v) is 6.25. The molecule has 1 heterocycles. The Morgan fingerprint density at radius 1 is 1.53 bits per heavy atom. The SMILES string of the molecule is O=C(Cc1cccc([N+](=O)[O-])c1)N1CCC[C@@H]1CO. The van der Waals surface area contributed by atoms with Crippen molar-refractivity contribution < 1.29 is 14.8 Å². The van der Waals surface area contributed by atoms with Gasteiger partial charge in [-0.2, -0.15) is 0 Å². The zero-order chi connectivity index (χ0) is 13.8. The second kappa shape index (κ2) is 5.79. The molecule has 19 heavy (non-hydrogen) atoms. The van der Waals surface area contributed by atoms with Gasteiger partial charge in [-0.05, 0) is 18.4 Å². The number of nitro benzene ring substituents is 1.